The van der Waals surface area contributed by atoms with Gasteiger partial charge in [-0.2, -0.15) is 12.7 Å². The van der Waals surface area contributed by atoms with Crippen LogP contribution in [-0.2, 0) is 10.2 Å². The summed E-state index contributed by atoms with van der Waals surface area (Å²) in [4.78, 5) is 2.27. The van der Waals surface area contributed by atoms with Crippen LogP contribution in [0.15, 0.2) is 0 Å². The molecule has 1 aliphatic heterocycles. The van der Waals surface area contributed by atoms with Crippen molar-refractivity contribution in [2.75, 3.05) is 45.9 Å². The Morgan fingerprint density at radius 1 is 1.35 bits per heavy atom. The molecule has 1 fully saturated rings. The Bertz CT molecular complexity index is 358. The third kappa shape index (κ3) is 5.65. The lowest BCUT2D eigenvalue weighted by Gasteiger charge is -2.31. The second-order valence-electron chi connectivity index (χ2n) is 5.33. The number of aliphatic hydroxyl groups excluding tert-OH is 1. The van der Waals surface area contributed by atoms with E-state index in [0.717, 1.165) is 38.9 Å². The first-order valence-electron chi connectivity index (χ1n) is 7.61. The van der Waals surface area contributed by atoms with Crippen LogP contribution in [-0.4, -0.2) is 68.6 Å². The van der Waals surface area contributed by atoms with Crippen LogP contribution >= 0.6 is 0 Å². The van der Waals surface area contributed by atoms with Crippen LogP contribution in [0.25, 0.3) is 0 Å². The molecule has 0 amide bonds. The van der Waals surface area contributed by atoms with Crippen LogP contribution in [0.2, 0.25) is 0 Å². The number of hydrogen-bond acceptors (Lipinski definition) is 4. The number of nitrogens with one attached hydrogen (secondary N) is 1. The fourth-order valence-electron chi connectivity index (χ4n) is 2.53. The molecule has 20 heavy (non-hydrogen) atoms. The molecule has 6 nitrogen and oxygen atoms in total. The van der Waals surface area contributed by atoms with Crippen molar-refractivity contribution in [2.24, 2.45) is 5.92 Å². The lowest BCUT2D eigenvalue weighted by Crippen LogP contribution is -2.47. The van der Waals surface area contributed by atoms with Gasteiger partial charge in [0.05, 0.1) is 0 Å². The minimum atomic E-state index is -3.38. The minimum absolute atomic E-state index is 0.0635. The highest BCUT2D eigenvalue weighted by molar-refractivity contribution is 7.87. The number of nitrogens with zero attached hydrogens (tertiary/aromatic N) is 2. The van der Waals surface area contributed by atoms with Gasteiger partial charge in [-0.3, -0.25) is 0 Å². The van der Waals surface area contributed by atoms with Gasteiger partial charge < -0.3 is 10.0 Å². The van der Waals surface area contributed by atoms with Crippen molar-refractivity contribution in [3.63, 3.8) is 0 Å². The Morgan fingerprint density at radius 2 is 2.05 bits per heavy atom. The van der Waals surface area contributed by atoms with Crippen LogP contribution in [0.3, 0.4) is 0 Å². The molecule has 1 unspecified atom stereocenters. The van der Waals surface area contributed by atoms with E-state index in [9.17, 15) is 8.42 Å². The summed E-state index contributed by atoms with van der Waals surface area (Å²) < 4.78 is 28.4. The summed E-state index contributed by atoms with van der Waals surface area (Å²) in [6, 6.07) is 0. The number of aliphatic hydroxyl groups is 1. The van der Waals surface area contributed by atoms with E-state index in [0.29, 0.717) is 19.6 Å². The van der Waals surface area contributed by atoms with Crippen LogP contribution in [0.1, 0.15) is 33.1 Å². The van der Waals surface area contributed by atoms with E-state index < -0.39 is 10.2 Å². The largest absolute Gasteiger partial charge is 0.396 e. The molecule has 0 saturated carbocycles. The van der Waals surface area contributed by atoms with Gasteiger partial charge in [-0.05, 0) is 44.8 Å². The lowest BCUT2D eigenvalue weighted by atomic mass is 10.0. The van der Waals surface area contributed by atoms with E-state index in [1.807, 2.05) is 0 Å². The van der Waals surface area contributed by atoms with Crippen molar-refractivity contribution in [1.29, 1.82) is 0 Å². The van der Waals surface area contributed by atoms with E-state index in [1.165, 1.54) is 4.31 Å². The van der Waals surface area contributed by atoms with Gasteiger partial charge in [0.15, 0.2) is 0 Å². The summed E-state index contributed by atoms with van der Waals surface area (Å²) in [6.45, 7) is 8.64. The third-order valence-electron chi connectivity index (χ3n) is 3.91. The summed E-state index contributed by atoms with van der Waals surface area (Å²) >= 11 is 0. The Labute approximate surface area is 123 Å². The molecular formula is C13H29N3O3S. The highest BCUT2D eigenvalue weighted by Crippen LogP contribution is 2.17. The Kier molecular flexibility index (Phi) is 7.98. The van der Waals surface area contributed by atoms with Gasteiger partial charge in [0.25, 0.3) is 10.2 Å². The summed E-state index contributed by atoms with van der Waals surface area (Å²) in [7, 11) is -3.38. The van der Waals surface area contributed by atoms with E-state index >= 15 is 0 Å². The van der Waals surface area contributed by atoms with Crippen molar-refractivity contribution >= 4 is 10.2 Å². The predicted octanol–water partition coefficient (Wildman–Crippen LogP) is 0.257. The number of rotatable bonds is 9. The number of piperidine rings is 1. The van der Waals surface area contributed by atoms with Crippen molar-refractivity contribution in [3.8, 4) is 0 Å². The third-order valence-corrected chi connectivity index (χ3v) is 5.49. The topological polar surface area (TPSA) is 72.9 Å². The molecule has 1 aliphatic rings. The first-order chi connectivity index (χ1) is 9.53. The molecule has 0 aromatic carbocycles. The molecule has 0 bridgehead atoms. The minimum Gasteiger partial charge on any atom is -0.396 e. The zero-order valence-electron chi connectivity index (χ0n) is 12.7. The van der Waals surface area contributed by atoms with Gasteiger partial charge in [-0.1, -0.05) is 13.8 Å². The summed E-state index contributed by atoms with van der Waals surface area (Å²) in [6.07, 6.45) is 2.55. The maximum absolute atomic E-state index is 12.2. The monoisotopic (exact) mass is 307 g/mol. The molecular weight excluding hydrogens is 278 g/mol. The highest BCUT2D eigenvalue weighted by atomic mass is 32.2. The van der Waals surface area contributed by atoms with Crippen LogP contribution in [0.5, 0.6) is 0 Å². The average molecular weight is 307 g/mol. The SMILES string of the molecule is CCN(CC)CCCNS(=O)(=O)N1CCCC(CO)C1. The fourth-order valence-corrected chi connectivity index (χ4v) is 3.89. The van der Waals surface area contributed by atoms with Gasteiger partial charge in [-0.25, -0.2) is 4.72 Å². The molecule has 0 aromatic rings. The number of hydrogen-bond donors (Lipinski definition) is 2. The maximum Gasteiger partial charge on any atom is 0.279 e. The molecule has 7 heteroatoms. The molecule has 1 heterocycles. The zero-order chi connectivity index (χ0) is 15.0. The van der Waals surface area contributed by atoms with E-state index in [2.05, 4.69) is 23.5 Å². The lowest BCUT2D eigenvalue weighted by molar-refractivity contribution is 0.164. The molecule has 2 N–H and O–H groups in total. The molecule has 1 saturated heterocycles. The Morgan fingerprint density at radius 3 is 2.65 bits per heavy atom. The van der Waals surface area contributed by atoms with Crippen LogP contribution in [0, 0.1) is 5.92 Å². The first kappa shape index (κ1) is 17.8. The first-order valence-corrected chi connectivity index (χ1v) is 9.05. The van der Waals surface area contributed by atoms with E-state index in [1.54, 1.807) is 0 Å². The van der Waals surface area contributed by atoms with Gasteiger partial charge >= 0.3 is 0 Å². The Hall–Kier alpha value is -0.210. The molecule has 0 radical (unpaired) electrons. The van der Waals surface area contributed by atoms with Crippen molar-refractivity contribution in [3.05, 3.63) is 0 Å². The smallest absolute Gasteiger partial charge is 0.279 e. The molecule has 0 aromatic heterocycles. The molecule has 1 atom stereocenters. The van der Waals surface area contributed by atoms with Crippen LogP contribution in [0.4, 0.5) is 0 Å². The van der Waals surface area contributed by atoms with Crippen LogP contribution < -0.4 is 4.72 Å². The maximum atomic E-state index is 12.2. The zero-order valence-corrected chi connectivity index (χ0v) is 13.5. The summed E-state index contributed by atoms with van der Waals surface area (Å²) in [5.74, 6) is 0.0796. The van der Waals surface area contributed by atoms with Crippen molar-refractivity contribution in [2.45, 2.75) is 33.1 Å². The second kappa shape index (κ2) is 8.94. The van der Waals surface area contributed by atoms with E-state index in [-0.39, 0.29) is 12.5 Å². The Balaban J connectivity index is 2.34. The standard InChI is InChI=1S/C13H29N3O3S/c1-3-15(4-2)9-6-8-14-20(18,19)16-10-5-7-13(11-16)12-17/h13-14,17H,3-12H2,1-2H3. The van der Waals surface area contributed by atoms with Gasteiger partial charge in [0, 0.05) is 26.2 Å². The van der Waals surface area contributed by atoms with E-state index in [4.69, 9.17) is 5.11 Å². The van der Waals surface area contributed by atoms with Crippen molar-refractivity contribution in [1.82, 2.24) is 13.9 Å². The normalized spacial score (nSPS) is 21.5. The molecule has 0 spiro atoms. The van der Waals surface area contributed by atoms with Gasteiger partial charge in [0.2, 0.25) is 0 Å². The van der Waals surface area contributed by atoms with Crippen molar-refractivity contribution < 1.29 is 13.5 Å². The highest BCUT2D eigenvalue weighted by Gasteiger charge is 2.27. The fraction of sp³-hybridized carbons (Fsp3) is 1.00. The molecule has 0 aliphatic carbocycles. The second-order valence-corrected chi connectivity index (χ2v) is 7.08. The predicted molar refractivity (Wildman–Crippen MR) is 80.7 cm³/mol. The van der Waals surface area contributed by atoms with Gasteiger partial charge in [0.1, 0.15) is 0 Å². The average Bonchev–Trinajstić information content (AvgIpc) is 2.47. The van der Waals surface area contributed by atoms with Gasteiger partial charge in [-0.15, -0.1) is 0 Å². The summed E-state index contributed by atoms with van der Waals surface area (Å²) in [5.41, 5.74) is 0. The molecule has 1 rings (SSSR count). The summed E-state index contributed by atoms with van der Waals surface area (Å²) in [5, 5.41) is 9.16. The molecule has 120 valence electrons. The quantitative estimate of drug-likeness (QED) is 0.599.